The fraction of sp³-hybridized carbons (Fsp3) is 0.789. The second kappa shape index (κ2) is 9.81. The van der Waals surface area contributed by atoms with Gasteiger partial charge in [-0.3, -0.25) is 9.59 Å². The smallest absolute Gasteiger partial charge is 0.308 e. The summed E-state index contributed by atoms with van der Waals surface area (Å²) in [5.74, 6) is -0.377. The van der Waals surface area contributed by atoms with Crippen molar-refractivity contribution in [1.29, 1.82) is 0 Å². The molecule has 2 unspecified atom stereocenters. The Bertz CT molecular complexity index is 389. The number of ether oxygens (including phenoxy) is 1. The fourth-order valence-corrected chi connectivity index (χ4v) is 2.28. The molecular formula is C19H34O3. The van der Waals surface area contributed by atoms with Crippen LogP contribution in [0.3, 0.4) is 0 Å². The van der Waals surface area contributed by atoms with E-state index in [1.807, 2.05) is 41.5 Å². The molecule has 0 fully saturated rings. The first-order valence-electron chi connectivity index (χ1n) is 8.46. The normalized spacial score (nSPS) is 14.1. The molecule has 0 radical (unpaired) electrons. The van der Waals surface area contributed by atoms with E-state index in [1.54, 1.807) is 0 Å². The Hall–Kier alpha value is -1.12. The number of unbranched alkanes of at least 4 members (excludes halogenated alkanes) is 1. The standard InChI is InChI=1S/C19H34O3/c1-8-9-10-15(4)18(21)22-13-16(5)17(20)19(6,7)12-11-14(2)3/h11,15-16H,8-10,12-13H2,1-7H3. The molecule has 0 bridgehead atoms. The molecule has 0 aliphatic rings. The summed E-state index contributed by atoms with van der Waals surface area (Å²) in [6.07, 6.45) is 5.76. The predicted molar refractivity (Wildman–Crippen MR) is 91.6 cm³/mol. The molecular weight excluding hydrogens is 276 g/mol. The SMILES string of the molecule is CCCCC(C)C(=O)OCC(C)C(=O)C(C)(C)CC=C(C)C. The highest BCUT2D eigenvalue weighted by Gasteiger charge is 2.31. The Morgan fingerprint density at radius 3 is 2.23 bits per heavy atom. The number of esters is 1. The first-order valence-corrected chi connectivity index (χ1v) is 8.46. The van der Waals surface area contributed by atoms with Crippen molar-refractivity contribution >= 4 is 11.8 Å². The predicted octanol–water partition coefficient (Wildman–Crippen LogP) is 4.94. The quantitative estimate of drug-likeness (QED) is 0.424. The van der Waals surface area contributed by atoms with Gasteiger partial charge in [-0.25, -0.2) is 0 Å². The summed E-state index contributed by atoms with van der Waals surface area (Å²) in [5.41, 5.74) is 0.793. The molecule has 0 aromatic rings. The molecule has 0 rings (SSSR count). The van der Waals surface area contributed by atoms with Crippen LogP contribution >= 0.6 is 0 Å². The summed E-state index contributed by atoms with van der Waals surface area (Å²) in [4.78, 5) is 24.4. The first-order chi connectivity index (χ1) is 10.1. The number of hydrogen-bond acceptors (Lipinski definition) is 3. The van der Waals surface area contributed by atoms with Gasteiger partial charge in [-0.05, 0) is 26.7 Å². The summed E-state index contributed by atoms with van der Waals surface area (Å²) in [5, 5.41) is 0. The third-order valence-corrected chi connectivity index (χ3v) is 4.00. The maximum atomic E-state index is 12.5. The molecule has 0 saturated carbocycles. The van der Waals surface area contributed by atoms with Gasteiger partial charge in [-0.1, -0.05) is 59.1 Å². The van der Waals surface area contributed by atoms with Gasteiger partial charge >= 0.3 is 5.97 Å². The zero-order chi connectivity index (χ0) is 17.3. The van der Waals surface area contributed by atoms with E-state index in [0.717, 1.165) is 25.7 Å². The van der Waals surface area contributed by atoms with E-state index in [-0.39, 0.29) is 30.2 Å². The Labute approximate surface area is 136 Å². The largest absolute Gasteiger partial charge is 0.465 e. The van der Waals surface area contributed by atoms with Crippen LogP contribution in [0, 0.1) is 17.3 Å². The maximum absolute atomic E-state index is 12.5. The van der Waals surface area contributed by atoms with Crippen LogP contribution in [0.2, 0.25) is 0 Å². The number of allylic oxidation sites excluding steroid dienone is 2. The molecule has 0 aliphatic heterocycles. The molecule has 0 aromatic heterocycles. The summed E-state index contributed by atoms with van der Waals surface area (Å²) in [7, 11) is 0. The Morgan fingerprint density at radius 2 is 1.73 bits per heavy atom. The van der Waals surface area contributed by atoms with Crippen LogP contribution in [-0.4, -0.2) is 18.4 Å². The molecule has 128 valence electrons. The minimum Gasteiger partial charge on any atom is -0.465 e. The second-order valence-electron chi connectivity index (χ2n) is 7.31. The molecule has 22 heavy (non-hydrogen) atoms. The molecule has 0 amide bonds. The van der Waals surface area contributed by atoms with Gasteiger partial charge in [0.05, 0.1) is 5.92 Å². The lowest BCUT2D eigenvalue weighted by Gasteiger charge is -2.25. The van der Waals surface area contributed by atoms with E-state index in [9.17, 15) is 9.59 Å². The van der Waals surface area contributed by atoms with Crippen LogP contribution in [0.1, 0.15) is 74.1 Å². The monoisotopic (exact) mass is 310 g/mol. The molecule has 0 N–H and O–H groups in total. The van der Waals surface area contributed by atoms with E-state index < -0.39 is 5.41 Å². The van der Waals surface area contributed by atoms with E-state index in [1.165, 1.54) is 5.57 Å². The summed E-state index contributed by atoms with van der Waals surface area (Å²) < 4.78 is 5.33. The third kappa shape index (κ3) is 7.77. The van der Waals surface area contributed by atoms with Crippen molar-refractivity contribution in [2.24, 2.45) is 17.3 Å². The van der Waals surface area contributed by atoms with Gasteiger partial charge in [0.25, 0.3) is 0 Å². The molecule has 0 heterocycles. The van der Waals surface area contributed by atoms with E-state index in [0.29, 0.717) is 0 Å². The minimum absolute atomic E-state index is 0.0825. The number of Topliss-reactive ketones (excluding diaryl/α,β-unsaturated/α-hetero) is 1. The van der Waals surface area contributed by atoms with Crippen molar-refractivity contribution in [3.8, 4) is 0 Å². The number of ketones is 1. The lowest BCUT2D eigenvalue weighted by atomic mass is 9.79. The van der Waals surface area contributed by atoms with Crippen LogP contribution in [0.5, 0.6) is 0 Å². The van der Waals surface area contributed by atoms with Gasteiger partial charge in [0.15, 0.2) is 0 Å². The number of rotatable bonds is 10. The summed E-state index contributed by atoms with van der Waals surface area (Å²) >= 11 is 0. The van der Waals surface area contributed by atoms with Crippen LogP contribution in [0.15, 0.2) is 11.6 Å². The van der Waals surface area contributed by atoms with E-state index in [4.69, 9.17) is 4.74 Å². The van der Waals surface area contributed by atoms with Crippen LogP contribution in [0.4, 0.5) is 0 Å². The Balaban J connectivity index is 4.41. The van der Waals surface area contributed by atoms with Gasteiger partial charge in [0, 0.05) is 11.3 Å². The van der Waals surface area contributed by atoms with Gasteiger partial charge in [0.2, 0.25) is 0 Å². The second-order valence-corrected chi connectivity index (χ2v) is 7.31. The summed E-state index contributed by atoms with van der Waals surface area (Å²) in [6.45, 7) is 14.0. The average Bonchev–Trinajstić information content (AvgIpc) is 2.46. The number of hydrogen-bond donors (Lipinski definition) is 0. The average molecular weight is 310 g/mol. The lowest BCUT2D eigenvalue weighted by Crippen LogP contribution is -2.32. The zero-order valence-corrected chi connectivity index (χ0v) is 15.5. The molecule has 0 saturated heterocycles. The molecule has 0 aromatic carbocycles. The van der Waals surface area contributed by atoms with Crippen molar-refractivity contribution in [3.63, 3.8) is 0 Å². The molecule has 2 atom stereocenters. The topological polar surface area (TPSA) is 43.4 Å². The van der Waals surface area contributed by atoms with Crippen molar-refractivity contribution in [2.45, 2.75) is 74.1 Å². The van der Waals surface area contributed by atoms with Gasteiger partial charge in [0.1, 0.15) is 12.4 Å². The van der Waals surface area contributed by atoms with Crippen molar-refractivity contribution in [1.82, 2.24) is 0 Å². The van der Waals surface area contributed by atoms with Crippen LogP contribution in [0.25, 0.3) is 0 Å². The highest BCUT2D eigenvalue weighted by atomic mass is 16.5. The Morgan fingerprint density at radius 1 is 1.14 bits per heavy atom. The van der Waals surface area contributed by atoms with Crippen molar-refractivity contribution in [2.75, 3.05) is 6.61 Å². The molecule has 0 aliphatic carbocycles. The lowest BCUT2D eigenvalue weighted by molar-refractivity contribution is -0.151. The van der Waals surface area contributed by atoms with E-state index >= 15 is 0 Å². The van der Waals surface area contributed by atoms with Crippen molar-refractivity contribution < 1.29 is 14.3 Å². The van der Waals surface area contributed by atoms with Crippen LogP contribution in [-0.2, 0) is 14.3 Å². The van der Waals surface area contributed by atoms with Gasteiger partial charge in [-0.2, -0.15) is 0 Å². The summed E-state index contributed by atoms with van der Waals surface area (Å²) in [6, 6.07) is 0. The minimum atomic E-state index is -0.420. The highest BCUT2D eigenvalue weighted by molar-refractivity contribution is 5.86. The molecule has 3 nitrogen and oxygen atoms in total. The van der Waals surface area contributed by atoms with Crippen molar-refractivity contribution in [3.05, 3.63) is 11.6 Å². The number of carbonyl (C=O) groups is 2. The third-order valence-electron chi connectivity index (χ3n) is 4.00. The van der Waals surface area contributed by atoms with E-state index in [2.05, 4.69) is 13.0 Å². The maximum Gasteiger partial charge on any atom is 0.308 e. The van der Waals surface area contributed by atoms with Gasteiger partial charge < -0.3 is 4.74 Å². The fourth-order valence-electron chi connectivity index (χ4n) is 2.28. The molecule has 0 spiro atoms. The first kappa shape index (κ1) is 20.9. The number of carbonyl (C=O) groups excluding carboxylic acids is 2. The molecule has 3 heteroatoms. The van der Waals surface area contributed by atoms with Crippen LogP contribution < -0.4 is 0 Å². The Kier molecular flexibility index (Phi) is 9.31. The highest BCUT2D eigenvalue weighted by Crippen LogP contribution is 2.27. The van der Waals surface area contributed by atoms with Gasteiger partial charge in [-0.15, -0.1) is 0 Å². The zero-order valence-electron chi connectivity index (χ0n) is 15.5.